The Bertz CT molecular complexity index is 400. The Morgan fingerprint density at radius 2 is 2.27 bits per heavy atom. The van der Waals surface area contributed by atoms with E-state index in [0.717, 1.165) is 13.2 Å². The molecule has 0 aliphatic carbocycles. The average molecular weight is 239 g/mol. The van der Waals surface area contributed by atoms with Crippen molar-refractivity contribution in [1.29, 1.82) is 0 Å². The molecule has 1 rings (SSSR count). The van der Waals surface area contributed by atoms with Crippen molar-refractivity contribution in [2.75, 3.05) is 7.11 Å². The summed E-state index contributed by atoms with van der Waals surface area (Å²) in [6.45, 7) is 0. The van der Waals surface area contributed by atoms with Crippen molar-refractivity contribution in [2.24, 2.45) is 0 Å². The first kappa shape index (κ1) is 11.6. The Labute approximate surface area is 87.8 Å². The average Bonchev–Trinajstić information content (AvgIpc) is 2.16. The molecule has 0 aliphatic rings. The Morgan fingerprint density at radius 1 is 1.67 bits per heavy atom. The fourth-order valence-electron chi connectivity index (χ4n) is 0.951. The molecule has 0 atom stereocenters. The maximum atomic E-state index is 12.4. The van der Waals surface area contributed by atoms with Crippen LogP contribution in [-0.2, 0) is 0 Å². The van der Waals surface area contributed by atoms with Gasteiger partial charge in [0.05, 0.1) is 18.2 Å². The largest absolute Gasteiger partial charge is 0.491 e. The molecule has 1 heterocycles. The summed E-state index contributed by atoms with van der Waals surface area (Å²) in [6.07, 6.45) is -2.99. The van der Waals surface area contributed by atoms with Gasteiger partial charge in [-0.3, -0.25) is 0 Å². The molecule has 0 amide bonds. The molecule has 0 spiro atoms. The monoisotopic (exact) mass is 238 g/mol. The molecular weight excluding hydrogens is 234 g/mol. The molecule has 0 bridgehead atoms. The van der Waals surface area contributed by atoms with Crippen molar-refractivity contribution in [2.45, 2.75) is 6.43 Å². The summed E-state index contributed by atoms with van der Waals surface area (Å²) in [5.74, 6) is -1.09. The normalized spacial score (nSPS) is 10.5. The first-order chi connectivity index (χ1) is 6.97. The smallest absolute Gasteiger partial charge is 0.365 e. The zero-order valence-electron chi connectivity index (χ0n) is 7.41. The minimum Gasteiger partial charge on any atom is -0.491 e. The van der Waals surface area contributed by atoms with Gasteiger partial charge < -0.3 is 14.9 Å². The number of nitro groups is 1. The molecular formula is C7H5ClF2N2O3. The number of alkyl halides is 2. The van der Waals surface area contributed by atoms with Gasteiger partial charge in [0.1, 0.15) is 0 Å². The Balaban J connectivity index is 3.38. The van der Waals surface area contributed by atoms with Gasteiger partial charge in [0, 0.05) is 0 Å². The van der Waals surface area contributed by atoms with Gasteiger partial charge in [0.2, 0.25) is 0 Å². The topological polar surface area (TPSA) is 65.3 Å². The molecule has 0 unspecified atom stereocenters. The van der Waals surface area contributed by atoms with E-state index in [-0.39, 0.29) is 10.8 Å². The van der Waals surface area contributed by atoms with E-state index in [0.29, 0.717) is 0 Å². The number of methoxy groups -OCH3 is 1. The van der Waals surface area contributed by atoms with Crippen molar-refractivity contribution in [3.8, 4) is 5.75 Å². The van der Waals surface area contributed by atoms with E-state index in [1.807, 2.05) is 0 Å². The third-order valence-electron chi connectivity index (χ3n) is 1.54. The number of nitrogens with zero attached hydrogens (tertiary/aromatic N) is 2. The summed E-state index contributed by atoms with van der Waals surface area (Å²) in [6, 6.07) is 0.853. The first-order valence-corrected chi connectivity index (χ1v) is 4.02. The summed E-state index contributed by atoms with van der Waals surface area (Å²) < 4.78 is 29.4. The minimum absolute atomic E-state index is 0.269. The van der Waals surface area contributed by atoms with Crippen molar-refractivity contribution in [1.82, 2.24) is 4.98 Å². The summed E-state index contributed by atoms with van der Waals surface area (Å²) in [5, 5.41) is 10.1. The highest BCUT2D eigenvalue weighted by molar-refractivity contribution is 6.32. The van der Waals surface area contributed by atoms with Gasteiger partial charge in [-0.25, -0.2) is 8.78 Å². The Morgan fingerprint density at radius 3 is 2.67 bits per heavy atom. The quantitative estimate of drug-likeness (QED) is 0.600. The fourth-order valence-corrected chi connectivity index (χ4v) is 1.22. The highest BCUT2D eigenvalue weighted by Crippen LogP contribution is 2.35. The van der Waals surface area contributed by atoms with Gasteiger partial charge in [-0.05, 0) is 9.91 Å². The number of rotatable bonds is 3. The number of ether oxygens (including phenoxy) is 1. The van der Waals surface area contributed by atoms with Crippen LogP contribution >= 0.6 is 11.6 Å². The van der Waals surface area contributed by atoms with Gasteiger partial charge >= 0.3 is 12.2 Å². The highest BCUT2D eigenvalue weighted by Gasteiger charge is 2.27. The van der Waals surface area contributed by atoms with Crippen LogP contribution in [0.2, 0.25) is 5.02 Å². The molecule has 0 radical (unpaired) electrons. The molecule has 0 saturated heterocycles. The van der Waals surface area contributed by atoms with Gasteiger partial charge in [-0.15, -0.1) is 0 Å². The maximum absolute atomic E-state index is 12.4. The standard InChI is InChI=1S/C7H5ClF2N2O3/c1-15-6-3(8)2-4(12(13)14)11-5(6)7(9)10/h2,7H,1H3. The van der Waals surface area contributed by atoms with Crippen LogP contribution in [0.15, 0.2) is 6.07 Å². The molecule has 0 aromatic carbocycles. The molecule has 82 valence electrons. The Kier molecular flexibility index (Phi) is 3.35. The molecule has 0 fully saturated rings. The maximum Gasteiger partial charge on any atom is 0.365 e. The molecule has 5 nitrogen and oxygen atoms in total. The number of aromatic nitrogens is 1. The highest BCUT2D eigenvalue weighted by atomic mass is 35.5. The van der Waals surface area contributed by atoms with E-state index in [1.165, 1.54) is 0 Å². The lowest BCUT2D eigenvalue weighted by atomic mass is 10.3. The molecule has 0 aliphatic heterocycles. The third-order valence-corrected chi connectivity index (χ3v) is 1.82. The fraction of sp³-hybridized carbons (Fsp3) is 0.286. The van der Waals surface area contributed by atoms with Gasteiger partial charge in [0.15, 0.2) is 5.75 Å². The lowest BCUT2D eigenvalue weighted by molar-refractivity contribution is -0.389. The number of hydrogen-bond donors (Lipinski definition) is 0. The van der Waals surface area contributed by atoms with E-state index in [1.54, 1.807) is 0 Å². The lowest BCUT2D eigenvalue weighted by Gasteiger charge is -2.05. The second kappa shape index (κ2) is 4.35. The zero-order valence-corrected chi connectivity index (χ0v) is 8.16. The van der Waals surface area contributed by atoms with Crippen LogP contribution < -0.4 is 4.74 Å². The number of halogens is 3. The summed E-state index contributed by atoms with van der Waals surface area (Å²) in [7, 11) is 1.13. The van der Waals surface area contributed by atoms with Crippen LogP contribution in [0.5, 0.6) is 5.75 Å². The van der Waals surface area contributed by atoms with Gasteiger partial charge in [-0.1, -0.05) is 11.6 Å². The first-order valence-electron chi connectivity index (χ1n) is 3.64. The van der Waals surface area contributed by atoms with Crippen LogP contribution in [0.1, 0.15) is 12.1 Å². The van der Waals surface area contributed by atoms with E-state index < -0.39 is 22.9 Å². The molecule has 0 N–H and O–H groups in total. The second-order valence-corrected chi connectivity index (χ2v) is 2.85. The second-order valence-electron chi connectivity index (χ2n) is 2.44. The predicted octanol–water partition coefficient (Wildman–Crippen LogP) is 2.59. The van der Waals surface area contributed by atoms with E-state index in [4.69, 9.17) is 11.6 Å². The van der Waals surface area contributed by atoms with E-state index in [2.05, 4.69) is 9.72 Å². The van der Waals surface area contributed by atoms with Crippen LogP contribution in [-0.4, -0.2) is 17.0 Å². The van der Waals surface area contributed by atoms with Crippen LogP contribution in [0.4, 0.5) is 14.6 Å². The minimum atomic E-state index is -2.99. The summed E-state index contributed by atoms with van der Waals surface area (Å²) in [4.78, 5) is 12.6. The van der Waals surface area contributed by atoms with Crippen LogP contribution in [0.3, 0.4) is 0 Å². The molecule has 8 heteroatoms. The van der Waals surface area contributed by atoms with Crippen LogP contribution in [0.25, 0.3) is 0 Å². The zero-order chi connectivity index (χ0) is 11.6. The predicted molar refractivity (Wildman–Crippen MR) is 47.4 cm³/mol. The molecule has 1 aromatic rings. The van der Waals surface area contributed by atoms with Gasteiger partial charge in [0.25, 0.3) is 5.69 Å². The SMILES string of the molecule is COc1c(Cl)cc([N+](=O)[O-])nc1C(F)F. The van der Waals surface area contributed by atoms with E-state index in [9.17, 15) is 18.9 Å². The Hall–Kier alpha value is -1.50. The van der Waals surface area contributed by atoms with E-state index >= 15 is 0 Å². The summed E-state index contributed by atoms with van der Waals surface area (Å²) >= 11 is 5.52. The third kappa shape index (κ3) is 2.30. The number of pyridine rings is 1. The number of hydrogen-bond acceptors (Lipinski definition) is 4. The van der Waals surface area contributed by atoms with Crippen molar-refractivity contribution >= 4 is 17.4 Å². The summed E-state index contributed by atoms with van der Waals surface area (Å²) in [5.41, 5.74) is -0.836. The lowest BCUT2D eigenvalue weighted by Crippen LogP contribution is -2.01. The molecule has 1 aromatic heterocycles. The van der Waals surface area contributed by atoms with Crippen molar-refractivity contribution in [3.05, 3.63) is 26.9 Å². The molecule has 15 heavy (non-hydrogen) atoms. The van der Waals surface area contributed by atoms with Crippen molar-refractivity contribution < 1.29 is 18.4 Å². The van der Waals surface area contributed by atoms with Gasteiger partial charge in [-0.2, -0.15) is 0 Å². The molecule has 0 saturated carbocycles. The van der Waals surface area contributed by atoms with Crippen LogP contribution in [0, 0.1) is 10.1 Å². The van der Waals surface area contributed by atoms with Crippen molar-refractivity contribution in [3.63, 3.8) is 0 Å².